The van der Waals surface area contributed by atoms with Crippen molar-refractivity contribution in [2.75, 3.05) is 0 Å². The van der Waals surface area contributed by atoms with Crippen molar-refractivity contribution in [2.45, 2.75) is 12.5 Å². The lowest BCUT2D eigenvalue weighted by Gasteiger charge is -2.11. The summed E-state index contributed by atoms with van der Waals surface area (Å²) in [5, 5.41) is 0. The van der Waals surface area contributed by atoms with Crippen LogP contribution in [0.2, 0.25) is 0 Å². The highest BCUT2D eigenvalue weighted by atomic mass is 19.1. The Kier molecular flexibility index (Phi) is 3.62. The van der Waals surface area contributed by atoms with Crippen molar-refractivity contribution >= 4 is 0 Å². The van der Waals surface area contributed by atoms with E-state index in [1.165, 1.54) is 24.3 Å². The third-order valence-electron chi connectivity index (χ3n) is 2.59. The number of rotatable bonds is 3. The number of aromatic nitrogens is 1. The van der Waals surface area contributed by atoms with Crippen LogP contribution in [-0.2, 0) is 6.42 Å². The molecular weight excluding hydrogens is 241 g/mol. The Morgan fingerprint density at radius 3 is 2.39 bits per heavy atom. The maximum absolute atomic E-state index is 13.4. The van der Waals surface area contributed by atoms with Gasteiger partial charge in [-0.25, -0.2) is 13.2 Å². The van der Waals surface area contributed by atoms with Crippen LogP contribution in [0.4, 0.5) is 13.2 Å². The van der Waals surface area contributed by atoms with E-state index < -0.39 is 23.5 Å². The van der Waals surface area contributed by atoms with E-state index >= 15 is 0 Å². The van der Waals surface area contributed by atoms with E-state index in [-0.39, 0.29) is 6.42 Å². The first kappa shape index (κ1) is 12.6. The first-order valence-corrected chi connectivity index (χ1v) is 5.37. The molecule has 94 valence electrons. The minimum absolute atomic E-state index is 0.171. The SMILES string of the molecule is NC(Cc1ccc(F)cc1F)c1ccc(F)cn1. The predicted octanol–water partition coefficient (Wildman–Crippen LogP) is 2.74. The van der Waals surface area contributed by atoms with Crippen LogP contribution < -0.4 is 5.73 Å². The van der Waals surface area contributed by atoms with Crippen LogP contribution in [0.3, 0.4) is 0 Å². The zero-order chi connectivity index (χ0) is 13.1. The van der Waals surface area contributed by atoms with Gasteiger partial charge in [0.25, 0.3) is 0 Å². The molecule has 2 aromatic rings. The Morgan fingerprint density at radius 1 is 1.06 bits per heavy atom. The zero-order valence-corrected chi connectivity index (χ0v) is 9.41. The molecule has 5 heteroatoms. The third kappa shape index (κ3) is 2.87. The fourth-order valence-corrected chi connectivity index (χ4v) is 1.64. The molecule has 2 N–H and O–H groups in total. The summed E-state index contributed by atoms with van der Waals surface area (Å²) >= 11 is 0. The molecule has 0 aliphatic carbocycles. The Bertz CT molecular complexity index is 540. The number of nitrogens with zero attached hydrogens (tertiary/aromatic N) is 1. The average Bonchev–Trinajstić information content (AvgIpc) is 2.33. The molecule has 2 rings (SSSR count). The lowest BCUT2D eigenvalue weighted by molar-refractivity contribution is 0.560. The van der Waals surface area contributed by atoms with Gasteiger partial charge in [-0.05, 0) is 30.2 Å². The summed E-state index contributed by atoms with van der Waals surface area (Å²) in [7, 11) is 0. The highest BCUT2D eigenvalue weighted by Gasteiger charge is 2.12. The molecule has 0 radical (unpaired) electrons. The van der Waals surface area contributed by atoms with Gasteiger partial charge < -0.3 is 5.73 Å². The molecule has 1 aromatic carbocycles. The number of halogens is 3. The maximum atomic E-state index is 13.4. The second-order valence-corrected chi connectivity index (χ2v) is 3.95. The van der Waals surface area contributed by atoms with Crippen LogP contribution in [0.25, 0.3) is 0 Å². The Hall–Kier alpha value is -1.88. The van der Waals surface area contributed by atoms with E-state index in [1.54, 1.807) is 0 Å². The smallest absolute Gasteiger partial charge is 0.141 e. The van der Waals surface area contributed by atoms with E-state index in [1.807, 2.05) is 0 Å². The second-order valence-electron chi connectivity index (χ2n) is 3.95. The normalized spacial score (nSPS) is 12.4. The van der Waals surface area contributed by atoms with E-state index in [0.717, 1.165) is 12.3 Å². The van der Waals surface area contributed by atoms with Crippen molar-refractivity contribution in [2.24, 2.45) is 5.73 Å². The Labute approximate surface area is 102 Å². The summed E-state index contributed by atoms with van der Waals surface area (Å²) in [5.74, 6) is -1.74. The molecule has 0 bridgehead atoms. The monoisotopic (exact) mass is 252 g/mol. The quantitative estimate of drug-likeness (QED) is 0.912. The molecule has 1 heterocycles. The topological polar surface area (TPSA) is 38.9 Å². The number of hydrogen-bond donors (Lipinski definition) is 1. The van der Waals surface area contributed by atoms with Gasteiger partial charge in [-0.3, -0.25) is 4.98 Å². The number of hydrogen-bond acceptors (Lipinski definition) is 2. The molecule has 0 amide bonds. The van der Waals surface area contributed by atoms with Gasteiger partial charge in [-0.2, -0.15) is 0 Å². The highest BCUT2D eigenvalue weighted by molar-refractivity contribution is 5.21. The lowest BCUT2D eigenvalue weighted by Crippen LogP contribution is -2.15. The minimum Gasteiger partial charge on any atom is -0.322 e. The summed E-state index contributed by atoms with van der Waals surface area (Å²) in [5.41, 5.74) is 6.60. The van der Waals surface area contributed by atoms with E-state index in [0.29, 0.717) is 11.3 Å². The van der Waals surface area contributed by atoms with Crippen LogP contribution in [-0.4, -0.2) is 4.98 Å². The van der Waals surface area contributed by atoms with Crippen LogP contribution in [0.15, 0.2) is 36.5 Å². The molecule has 1 unspecified atom stereocenters. The van der Waals surface area contributed by atoms with Crippen molar-refractivity contribution in [3.05, 3.63) is 65.2 Å². The van der Waals surface area contributed by atoms with Crippen LogP contribution in [0.5, 0.6) is 0 Å². The fraction of sp³-hybridized carbons (Fsp3) is 0.154. The number of nitrogens with two attached hydrogens (primary N) is 1. The summed E-state index contributed by atoms with van der Waals surface area (Å²) in [6.45, 7) is 0. The van der Waals surface area contributed by atoms with Gasteiger partial charge in [0.15, 0.2) is 0 Å². The van der Waals surface area contributed by atoms with Crippen molar-refractivity contribution in [1.29, 1.82) is 0 Å². The largest absolute Gasteiger partial charge is 0.322 e. The standard InChI is InChI=1S/C13H11F3N2/c14-9-2-1-8(11(16)6-9)5-12(17)13-4-3-10(15)7-18-13/h1-4,6-7,12H,5,17H2. The molecule has 0 aliphatic rings. The van der Waals surface area contributed by atoms with Crippen LogP contribution in [0.1, 0.15) is 17.3 Å². The minimum atomic E-state index is -0.646. The number of benzene rings is 1. The van der Waals surface area contributed by atoms with Gasteiger partial charge in [0.05, 0.1) is 17.9 Å². The molecule has 2 nitrogen and oxygen atoms in total. The van der Waals surface area contributed by atoms with Gasteiger partial charge in [-0.15, -0.1) is 0 Å². The first-order valence-electron chi connectivity index (χ1n) is 5.37. The molecule has 0 fully saturated rings. The third-order valence-corrected chi connectivity index (χ3v) is 2.59. The molecule has 0 saturated carbocycles. The molecular formula is C13H11F3N2. The Balaban J connectivity index is 2.15. The van der Waals surface area contributed by atoms with Crippen molar-refractivity contribution < 1.29 is 13.2 Å². The highest BCUT2D eigenvalue weighted by Crippen LogP contribution is 2.17. The van der Waals surface area contributed by atoms with Gasteiger partial charge in [0.2, 0.25) is 0 Å². The predicted molar refractivity (Wildman–Crippen MR) is 61.2 cm³/mol. The van der Waals surface area contributed by atoms with Crippen molar-refractivity contribution in [3.63, 3.8) is 0 Å². The lowest BCUT2D eigenvalue weighted by atomic mass is 10.0. The Morgan fingerprint density at radius 2 is 1.78 bits per heavy atom. The molecule has 1 atom stereocenters. The van der Waals surface area contributed by atoms with Gasteiger partial charge >= 0.3 is 0 Å². The summed E-state index contributed by atoms with van der Waals surface area (Å²) < 4.78 is 38.8. The number of pyridine rings is 1. The first-order chi connectivity index (χ1) is 8.56. The van der Waals surface area contributed by atoms with E-state index in [2.05, 4.69) is 4.98 Å². The summed E-state index contributed by atoms with van der Waals surface area (Å²) in [6.07, 6.45) is 1.22. The molecule has 0 spiro atoms. The summed E-state index contributed by atoms with van der Waals surface area (Å²) in [6, 6.07) is 5.44. The van der Waals surface area contributed by atoms with Crippen molar-refractivity contribution in [3.8, 4) is 0 Å². The summed E-state index contributed by atoms with van der Waals surface area (Å²) in [4.78, 5) is 3.83. The fourth-order valence-electron chi connectivity index (χ4n) is 1.64. The van der Waals surface area contributed by atoms with E-state index in [9.17, 15) is 13.2 Å². The zero-order valence-electron chi connectivity index (χ0n) is 9.41. The molecule has 0 aliphatic heterocycles. The van der Waals surface area contributed by atoms with Crippen molar-refractivity contribution in [1.82, 2.24) is 4.98 Å². The van der Waals surface area contributed by atoms with Gasteiger partial charge in [0.1, 0.15) is 17.5 Å². The van der Waals surface area contributed by atoms with Crippen LogP contribution >= 0.6 is 0 Å². The maximum Gasteiger partial charge on any atom is 0.141 e. The van der Waals surface area contributed by atoms with Gasteiger partial charge in [0, 0.05) is 6.07 Å². The van der Waals surface area contributed by atoms with Gasteiger partial charge in [-0.1, -0.05) is 6.07 Å². The molecule has 1 aromatic heterocycles. The van der Waals surface area contributed by atoms with E-state index in [4.69, 9.17) is 5.73 Å². The average molecular weight is 252 g/mol. The second kappa shape index (κ2) is 5.18. The molecule has 18 heavy (non-hydrogen) atoms. The van der Waals surface area contributed by atoms with Crippen LogP contribution in [0, 0.1) is 17.5 Å². The molecule has 0 saturated heterocycles.